The lowest BCUT2D eigenvalue weighted by Gasteiger charge is -2.11. The molecule has 0 spiro atoms. The number of unbranched alkanes of at least 4 members (excludes halogenated alkanes) is 1. The average molecular weight is 446 g/mol. The van der Waals surface area contributed by atoms with E-state index in [1.807, 2.05) is 12.1 Å². The highest BCUT2D eigenvalue weighted by Gasteiger charge is 2.17. The number of anilines is 1. The number of aryl methyl sites for hydroxylation is 1. The van der Waals surface area contributed by atoms with Crippen molar-refractivity contribution in [2.45, 2.75) is 39.5 Å². The molecule has 0 saturated heterocycles. The third kappa shape index (κ3) is 5.54. The fraction of sp³-hybridized carbons (Fsp3) is 0.250. The molecule has 3 rings (SSSR count). The molecule has 0 aliphatic carbocycles. The number of nitrogen functional groups attached to an aromatic ring is 1. The zero-order chi connectivity index (χ0) is 24.0. The molecular weight excluding hydrogens is 423 g/mol. The van der Waals surface area contributed by atoms with Gasteiger partial charge in [0, 0.05) is 12.5 Å². The maximum atomic E-state index is 14.1. The van der Waals surface area contributed by atoms with E-state index in [-0.39, 0.29) is 17.2 Å². The highest BCUT2D eigenvalue weighted by atomic mass is 19.1. The number of nitrogens with two attached hydrogens (primary N) is 1. The van der Waals surface area contributed by atoms with Crippen LogP contribution in [0.15, 0.2) is 52.7 Å². The van der Waals surface area contributed by atoms with Crippen LogP contribution < -0.4 is 5.73 Å². The molecule has 0 aliphatic heterocycles. The van der Waals surface area contributed by atoms with Gasteiger partial charge in [-0.1, -0.05) is 37.6 Å². The van der Waals surface area contributed by atoms with E-state index in [1.165, 1.54) is 5.56 Å². The van der Waals surface area contributed by atoms with Gasteiger partial charge in [0.1, 0.15) is 17.4 Å². The molecule has 0 atom stereocenters. The Morgan fingerprint density at radius 3 is 2.48 bits per heavy atom. The van der Waals surface area contributed by atoms with Gasteiger partial charge in [-0.25, -0.2) is 9.37 Å². The van der Waals surface area contributed by atoms with E-state index in [4.69, 9.17) is 5.73 Å². The molecule has 0 bridgehead atoms. The molecule has 0 aliphatic rings. The van der Waals surface area contributed by atoms with Gasteiger partial charge in [-0.2, -0.15) is 5.26 Å². The largest absolute Gasteiger partial charge is 0.382 e. The van der Waals surface area contributed by atoms with Crippen LogP contribution in [0.3, 0.4) is 0 Å². The van der Waals surface area contributed by atoms with Gasteiger partial charge in [0.2, 0.25) is 0 Å². The van der Waals surface area contributed by atoms with Crippen molar-refractivity contribution in [1.29, 1.82) is 5.26 Å². The van der Waals surface area contributed by atoms with Gasteiger partial charge >= 0.3 is 0 Å². The molecule has 1 aromatic heterocycles. The molecule has 9 heteroatoms. The topological polar surface area (TPSA) is 131 Å². The highest BCUT2D eigenvalue weighted by Crippen LogP contribution is 2.32. The first-order chi connectivity index (χ1) is 15.8. The second-order valence-electron chi connectivity index (χ2n) is 7.59. The Hall–Kier alpha value is -4.19. The van der Waals surface area contributed by atoms with Crippen molar-refractivity contribution < 1.29 is 9.31 Å². The van der Waals surface area contributed by atoms with Crippen LogP contribution in [0.25, 0.3) is 0 Å². The van der Waals surface area contributed by atoms with E-state index in [1.54, 1.807) is 6.92 Å². The zero-order valence-corrected chi connectivity index (χ0v) is 18.4. The van der Waals surface area contributed by atoms with Crippen molar-refractivity contribution in [3.63, 3.8) is 0 Å². The molecule has 0 amide bonds. The molecule has 0 unspecified atom stereocenters. The molecule has 8 nitrogen and oxygen atoms in total. The van der Waals surface area contributed by atoms with E-state index in [0.717, 1.165) is 43.0 Å². The van der Waals surface area contributed by atoms with Gasteiger partial charge < -0.3 is 5.73 Å². The van der Waals surface area contributed by atoms with Gasteiger partial charge in [0.05, 0.1) is 22.2 Å². The average Bonchev–Trinajstić information content (AvgIpc) is 2.79. The molecule has 33 heavy (non-hydrogen) atoms. The summed E-state index contributed by atoms with van der Waals surface area (Å²) in [7, 11) is 0. The summed E-state index contributed by atoms with van der Waals surface area (Å²) in [4.78, 5) is 14.4. The van der Waals surface area contributed by atoms with Gasteiger partial charge in [-0.05, 0) is 42.5 Å². The summed E-state index contributed by atoms with van der Waals surface area (Å²) < 4.78 is 14.1. The number of pyridine rings is 1. The van der Waals surface area contributed by atoms with E-state index >= 15 is 0 Å². The first kappa shape index (κ1) is 23.5. The summed E-state index contributed by atoms with van der Waals surface area (Å²) in [6.07, 6.45) is 3.72. The zero-order valence-electron chi connectivity index (χ0n) is 18.4. The van der Waals surface area contributed by atoms with E-state index in [0.29, 0.717) is 23.2 Å². The Kier molecular flexibility index (Phi) is 7.41. The molecule has 0 radical (unpaired) electrons. The fourth-order valence-corrected chi connectivity index (χ4v) is 3.38. The Morgan fingerprint density at radius 1 is 1.18 bits per heavy atom. The number of nitro benzene ring substituents is 1. The van der Waals surface area contributed by atoms with Crippen LogP contribution in [0.5, 0.6) is 0 Å². The monoisotopic (exact) mass is 446 g/mol. The minimum absolute atomic E-state index is 0.0622. The Balaban J connectivity index is 1.88. The lowest BCUT2D eigenvalue weighted by atomic mass is 9.99. The van der Waals surface area contributed by atoms with Crippen molar-refractivity contribution in [3.8, 4) is 6.07 Å². The predicted molar refractivity (Wildman–Crippen MR) is 123 cm³/mol. The van der Waals surface area contributed by atoms with Crippen molar-refractivity contribution in [3.05, 3.63) is 86.3 Å². The number of aromatic nitrogens is 1. The molecule has 0 saturated carbocycles. The molecule has 3 aromatic rings. The molecule has 2 N–H and O–H groups in total. The van der Waals surface area contributed by atoms with E-state index < -0.39 is 16.4 Å². The van der Waals surface area contributed by atoms with Crippen LogP contribution in [-0.4, -0.2) is 9.91 Å². The quantitative estimate of drug-likeness (QED) is 0.248. The number of benzene rings is 2. The lowest BCUT2D eigenvalue weighted by molar-refractivity contribution is -0.385. The predicted octanol–water partition coefficient (Wildman–Crippen LogP) is 6.24. The minimum atomic E-state index is -0.892. The summed E-state index contributed by atoms with van der Waals surface area (Å²) >= 11 is 0. The van der Waals surface area contributed by atoms with Crippen LogP contribution in [0, 0.1) is 34.2 Å². The second kappa shape index (κ2) is 10.4. The van der Waals surface area contributed by atoms with Gasteiger partial charge in [0.25, 0.3) is 5.69 Å². The molecule has 168 valence electrons. The van der Waals surface area contributed by atoms with Crippen LogP contribution >= 0.6 is 0 Å². The number of rotatable bonds is 8. The smallest absolute Gasteiger partial charge is 0.272 e. The molecule has 1 heterocycles. The summed E-state index contributed by atoms with van der Waals surface area (Å²) in [5.74, 6) is -0.830. The van der Waals surface area contributed by atoms with Crippen LogP contribution in [-0.2, 0) is 12.8 Å². The number of hydrogen-bond donors (Lipinski definition) is 1. The standard InChI is InChI=1S/C24H23FN6O2/c1-3-4-5-16-6-8-17(9-7-16)12-22-19(14-26)15(2)23(24(27)28-22)30-29-21-11-10-18(31(32)33)13-20(21)25/h6-11,13H,3-5,12H2,1-2H3,(H2,27,28). The lowest BCUT2D eigenvalue weighted by Crippen LogP contribution is -2.04. The van der Waals surface area contributed by atoms with E-state index in [2.05, 4.69) is 40.3 Å². The Bertz CT molecular complexity index is 1250. The Morgan fingerprint density at radius 2 is 1.88 bits per heavy atom. The number of nitriles is 1. The maximum Gasteiger partial charge on any atom is 0.272 e. The van der Waals surface area contributed by atoms with Crippen LogP contribution in [0.2, 0.25) is 0 Å². The number of halogens is 1. The third-order valence-corrected chi connectivity index (χ3v) is 5.24. The normalized spacial score (nSPS) is 11.0. The first-order valence-corrected chi connectivity index (χ1v) is 10.5. The number of non-ortho nitro benzene ring substituents is 1. The summed E-state index contributed by atoms with van der Waals surface area (Å²) in [5, 5.41) is 28.3. The van der Waals surface area contributed by atoms with Gasteiger partial charge in [0.15, 0.2) is 11.6 Å². The number of azo groups is 1. The SMILES string of the molecule is CCCCc1ccc(Cc2nc(N)c(N=Nc3ccc([N+](=O)[O-])cc3F)c(C)c2C#N)cc1. The maximum absolute atomic E-state index is 14.1. The molecule has 2 aromatic carbocycles. The summed E-state index contributed by atoms with van der Waals surface area (Å²) in [5.41, 5.74) is 9.26. The Labute approximate surface area is 190 Å². The van der Waals surface area contributed by atoms with E-state index in [9.17, 15) is 19.8 Å². The fourth-order valence-electron chi connectivity index (χ4n) is 3.38. The minimum Gasteiger partial charge on any atom is -0.382 e. The highest BCUT2D eigenvalue weighted by molar-refractivity contribution is 5.67. The molecular formula is C24H23FN6O2. The number of nitrogens with zero attached hydrogens (tertiary/aromatic N) is 5. The second-order valence-corrected chi connectivity index (χ2v) is 7.59. The first-order valence-electron chi connectivity index (χ1n) is 10.5. The molecule has 0 fully saturated rings. The van der Waals surface area contributed by atoms with Gasteiger partial charge in [-0.3, -0.25) is 10.1 Å². The summed E-state index contributed by atoms with van der Waals surface area (Å²) in [6.45, 7) is 3.83. The summed E-state index contributed by atoms with van der Waals surface area (Å²) in [6, 6.07) is 13.4. The van der Waals surface area contributed by atoms with Gasteiger partial charge in [-0.15, -0.1) is 10.2 Å². The number of nitro groups is 1. The number of hydrogen-bond acceptors (Lipinski definition) is 7. The van der Waals surface area contributed by atoms with Crippen molar-refractivity contribution in [2.75, 3.05) is 5.73 Å². The van der Waals surface area contributed by atoms with Crippen molar-refractivity contribution >= 4 is 22.9 Å². The van der Waals surface area contributed by atoms with Crippen molar-refractivity contribution in [1.82, 2.24) is 4.98 Å². The van der Waals surface area contributed by atoms with Crippen LogP contribution in [0.4, 0.5) is 27.3 Å². The third-order valence-electron chi connectivity index (χ3n) is 5.24. The van der Waals surface area contributed by atoms with Crippen LogP contribution in [0.1, 0.15) is 47.7 Å². The van der Waals surface area contributed by atoms with Crippen molar-refractivity contribution in [2.24, 2.45) is 10.2 Å².